The normalized spacial score (nSPS) is 12.8. The average Bonchev–Trinajstić information content (AvgIpc) is 2.57. The quantitative estimate of drug-likeness (QED) is 0.707. The number of carboxylic acids is 1. The number of carbonyl (C=O) groups is 1. The van der Waals surface area contributed by atoms with Gasteiger partial charge in [-0.05, 0) is 46.3 Å². The van der Waals surface area contributed by atoms with Gasteiger partial charge in [-0.1, -0.05) is 62.4 Å². The zero-order chi connectivity index (χ0) is 16.4. The van der Waals surface area contributed by atoms with Crippen molar-refractivity contribution in [1.29, 1.82) is 0 Å². The van der Waals surface area contributed by atoms with Crippen molar-refractivity contribution in [2.24, 2.45) is 0 Å². The maximum atomic E-state index is 12.1. The van der Waals surface area contributed by atoms with E-state index in [4.69, 9.17) is 0 Å². The van der Waals surface area contributed by atoms with Crippen LogP contribution < -0.4 is 0 Å². The van der Waals surface area contributed by atoms with Crippen LogP contribution in [-0.2, 0) is 4.79 Å². The van der Waals surface area contributed by atoms with Gasteiger partial charge in [0.05, 0.1) is 0 Å². The molecule has 0 amide bonds. The lowest BCUT2D eigenvalue weighted by Crippen LogP contribution is -2.34. The van der Waals surface area contributed by atoms with Crippen molar-refractivity contribution < 1.29 is 9.90 Å². The molecular formula is C20H21NO2. The summed E-state index contributed by atoms with van der Waals surface area (Å²) in [6.07, 6.45) is 0. The minimum Gasteiger partial charge on any atom is -0.480 e. The fraction of sp³-hybridized carbons (Fsp3) is 0.250. The number of benzene rings is 3. The molecule has 1 unspecified atom stereocenters. The van der Waals surface area contributed by atoms with Crippen LogP contribution in [0.15, 0.2) is 54.6 Å². The molecular weight excluding hydrogens is 286 g/mol. The van der Waals surface area contributed by atoms with Crippen LogP contribution in [0.5, 0.6) is 0 Å². The van der Waals surface area contributed by atoms with E-state index in [0.717, 1.165) is 27.1 Å². The molecule has 3 heteroatoms. The lowest BCUT2D eigenvalue weighted by atomic mass is 9.91. The summed E-state index contributed by atoms with van der Waals surface area (Å²) >= 11 is 0. The molecule has 1 N–H and O–H groups in total. The average molecular weight is 307 g/mol. The van der Waals surface area contributed by atoms with Crippen molar-refractivity contribution in [1.82, 2.24) is 4.90 Å². The molecule has 0 radical (unpaired) electrons. The zero-order valence-electron chi connectivity index (χ0n) is 13.5. The van der Waals surface area contributed by atoms with Gasteiger partial charge in [0.1, 0.15) is 6.04 Å². The van der Waals surface area contributed by atoms with E-state index in [9.17, 15) is 9.90 Å². The first-order valence-electron chi connectivity index (χ1n) is 8.04. The Hall–Kier alpha value is -2.39. The molecule has 0 fully saturated rings. The van der Waals surface area contributed by atoms with E-state index in [0.29, 0.717) is 13.1 Å². The molecule has 0 aliphatic rings. The number of fused-ring (bicyclic) bond motifs is 2. The van der Waals surface area contributed by atoms with E-state index in [-0.39, 0.29) is 0 Å². The second kappa shape index (κ2) is 6.39. The molecule has 0 aliphatic heterocycles. The highest BCUT2D eigenvalue weighted by molar-refractivity contribution is 6.05. The first kappa shape index (κ1) is 15.5. The van der Waals surface area contributed by atoms with Crippen LogP contribution in [0.1, 0.15) is 25.5 Å². The van der Waals surface area contributed by atoms with Gasteiger partial charge in [0.2, 0.25) is 0 Å². The lowest BCUT2D eigenvalue weighted by Gasteiger charge is -2.28. The highest BCUT2D eigenvalue weighted by Crippen LogP contribution is 2.35. The third-order valence-corrected chi connectivity index (χ3v) is 4.50. The molecule has 3 nitrogen and oxygen atoms in total. The molecule has 0 saturated carbocycles. The number of hydrogen-bond donors (Lipinski definition) is 1. The first-order chi connectivity index (χ1) is 11.2. The van der Waals surface area contributed by atoms with Gasteiger partial charge in [0.25, 0.3) is 0 Å². The van der Waals surface area contributed by atoms with Crippen molar-refractivity contribution in [2.75, 3.05) is 13.1 Å². The van der Waals surface area contributed by atoms with E-state index in [1.165, 1.54) is 0 Å². The van der Waals surface area contributed by atoms with Gasteiger partial charge in [-0.3, -0.25) is 9.69 Å². The van der Waals surface area contributed by atoms with Gasteiger partial charge in [-0.2, -0.15) is 0 Å². The molecule has 1 atom stereocenters. The Labute approximate surface area is 136 Å². The number of aliphatic carboxylic acids is 1. The second-order valence-corrected chi connectivity index (χ2v) is 5.69. The lowest BCUT2D eigenvalue weighted by molar-refractivity contribution is -0.143. The minimum absolute atomic E-state index is 0.638. The molecule has 0 spiro atoms. The largest absolute Gasteiger partial charge is 0.480 e. The van der Waals surface area contributed by atoms with E-state index in [1.54, 1.807) is 0 Å². The highest BCUT2D eigenvalue weighted by Gasteiger charge is 2.28. The summed E-state index contributed by atoms with van der Waals surface area (Å²) in [4.78, 5) is 14.1. The summed E-state index contributed by atoms with van der Waals surface area (Å²) in [7, 11) is 0. The van der Waals surface area contributed by atoms with E-state index in [2.05, 4.69) is 6.07 Å². The molecule has 0 aromatic heterocycles. The van der Waals surface area contributed by atoms with Gasteiger partial charge in [-0.15, -0.1) is 0 Å². The van der Waals surface area contributed by atoms with E-state index >= 15 is 0 Å². The fourth-order valence-electron chi connectivity index (χ4n) is 3.39. The van der Waals surface area contributed by atoms with Crippen LogP contribution in [0.2, 0.25) is 0 Å². The van der Waals surface area contributed by atoms with Crippen LogP contribution in [0.4, 0.5) is 0 Å². The summed E-state index contributed by atoms with van der Waals surface area (Å²) in [5.41, 5.74) is 0.898. The number of rotatable bonds is 5. The Balaban J connectivity index is 2.41. The van der Waals surface area contributed by atoms with Crippen molar-refractivity contribution >= 4 is 27.5 Å². The van der Waals surface area contributed by atoms with Gasteiger partial charge in [-0.25, -0.2) is 0 Å². The smallest absolute Gasteiger partial charge is 0.325 e. The molecule has 3 rings (SSSR count). The summed E-state index contributed by atoms with van der Waals surface area (Å²) in [6, 6.07) is 17.6. The third-order valence-electron chi connectivity index (χ3n) is 4.50. The van der Waals surface area contributed by atoms with Gasteiger partial charge < -0.3 is 5.11 Å². The fourth-order valence-corrected chi connectivity index (χ4v) is 3.39. The minimum atomic E-state index is -0.796. The molecule has 0 saturated heterocycles. The van der Waals surface area contributed by atoms with Crippen molar-refractivity contribution in [3.8, 4) is 0 Å². The van der Waals surface area contributed by atoms with Crippen molar-refractivity contribution in [3.05, 3.63) is 60.2 Å². The number of likely N-dealkylation sites (N-methyl/N-ethyl adjacent to an activating group) is 1. The molecule has 3 aromatic carbocycles. The highest BCUT2D eigenvalue weighted by atomic mass is 16.4. The Kier molecular flexibility index (Phi) is 4.30. The molecule has 3 aromatic rings. The molecule has 118 valence electrons. The van der Waals surface area contributed by atoms with Crippen LogP contribution >= 0.6 is 0 Å². The van der Waals surface area contributed by atoms with Gasteiger partial charge in [0, 0.05) is 0 Å². The summed E-state index contributed by atoms with van der Waals surface area (Å²) < 4.78 is 0. The topological polar surface area (TPSA) is 40.5 Å². The SMILES string of the molecule is CCN(CC)C(C(=O)O)c1c2ccccc2cc2ccccc12. The number of carboxylic acid groups (broad SMARTS) is 1. The monoisotopic (exact) mass is 307 g/mol. The van der Waals surface area contributed by atoms with Crippen molar-refractivity contribution in [3.63, 3.8) is 0 Å². The van der Waals surface area contributed by atoms with Gasteiger partial charge >= 0.3 is 5.97 Å². The maximum Gasteiger partial charge on any atom is 0.325 e. The molecule has 0 aliphatic carbocycles. The molecule has 23 heavy (non-hydrogen) atoms. The zero-order valence-corrected chi connectivity index (χ0v) is 13.5. The van der Waals surface area contributed by atoms with Crippen molar-refractivity contribution in [2.45, 2.75) is 19.9 Å². The summed E-state index contributed by atoms with van der Waals surface area (Å²) in [6.45, 7) is 5.41. The van der Waals surface area contributed by atoms with Crippen LogP contribution in [0.25, 0.3) is 21.5 Å². The number of nitrogens with zero attached hydrogens (tertiary/aromatic N) is 1. The Morgan fingerprint density at radius 3 is 1.87 bits per heavy atom. The predicted molar refractivity (Wildman–Crippen MR) is 94.8 cm³/mol. The van der Waals surface area contributed by atoms with Crippen LogP contribution in [0.3, 0.4) is 0 Å². The predicted octanol–water partition coefficient (Wildman–Crippen LogP) is 4.46. The van der Waals surface area contributed by atoms with Gasteiger partial charge in [0.15, 0.2) is 0 Å². The Morgan fingerprint density at radius 1 is 0.957 bits per heavy atom. The summed E-state index contributed by atoms with van der Waals surface area (Å²) in [5.74, 6) is -0.796. The second-order valence-electron chi connectivity index (χ2n) is 5.69. The molecule has 0 heterocycles. The Morgan fingerprint density at radius 2 is 1.43 bits per heavy atom. The standard InChI is InChI=1S/C20H21NO2/c1-3-21(4-2)19(20(22)23)18-16-11-7-5-9-14(16)13-15-10-6-8-12-17(15)18/h5-13,19H,3-4H2,1-2H3,(H,22,23). The van der Waals surface area contributed by atoms with E-state index < -0.39 is 12.0 Å². The molecule has 0 bridgehead atoms. The van der Waals surface area contributed by atoms with Crippen LogP contribution in [-0.4, -0.2) is 29.1 Å². The van der Waals surface area contributed by atoms with E-state index in [1.807, 2.05) is 67.3 Å². The number of hydrogen-bond acceptors (Lipinski definition) is 2. The van der Waals surface area contributed by atoms with Crippen LogP contribution in [0, 0.1) is 0 Å². The Bertz CT molecular complexity index is 799. The third kappa shape index (κ3) is 2.68. The first-order valence-corrected chi connectivity index (χ1v) is 8.04. The maximum absolute atomic E-state index is 12.1. The summed E-state index contributed by atoms with van der Waals surface area (Å²) in [5, 5.41) is 14.1.